The third kappa shape index (κ3) is 6.87. The van der Waals surface area contributed by atoms with Gasteiger partial charge in [-0.1, -0.05) is 0 Å². The summed E-state index contributed by atoms with van der Waals surface area (Å²) in [6.45, 7) is 0.818. The van der Waals surface area contributed by atoms with Crippen LogP contribution in [0.2, 0.25) is 0 Å². The van der Waals surface area contributed by atoms with E-state index in [2.05, 4.69) is 20.7 Å². The quantitative estimate of drug-likeness (QED) is 0.344. The molecule has 184 valence electrons. The molecule has 1 fully saturated rings. The summed E-state index contributed by atoms with van der Waals surface area (Å²) in [5.41, 5.74) is 5.95. The first-order valence-corrected chi connectivity index (χ1v) is 12.0. The summed E-state index contributed by atoms with van der Waals surface area (Å²) in [5.74, 6) is 0.0374. The fourth-order valence-corrected chi connectivity index (χ4v) is 3.77. The number of hydrogen-bond donors (Lipinski definition) is 5. The monoisotopic (exact) mass is 497 g/mol. The van der Waals surface area contributed by atoms with Crippen molar-refractivity contribution in [2.45, 2.75) is 23.9 Å². The first-order chi connectivity index (χ1) is 16.0. The zero-order valence-electron chi connectivity index (χ0n) is 18.4. The molecule has 34 heavy (non-hydrogen) atoms. The number of alkyl halides is 3. The van der Waals surface area contributed by atoms with Gasteiger partial charge in [-0.05, 0) is 68.3 Å². The van der Waals surface area contributed by atoms with Gasteiger partial charge in [0.1, 0.15) is 0 Å². The van der Waals surface area contributed by atoms with E-state index in [-0.39, 0.29) is 28.4 Å². The molecule has 12 heteroatoms. The number of carbonyl (C=O) groups is 1. The number of hydrogen-bond acceptors (Lipinski definition) is 6. The highest BCUT2D eigenvalue weighted by molar-refractivity contribution is 7.89. The Morgan fingerprint density at radius 3 is 2.41 bits per heavy atom. The first-order valence-electron chi connectivity index (χ1n) is 10.5. The Balaban J connectivity index is 1.80. The number of anilines is 2. The van der Waals surface area contributed by atoms with Crippen molar-refractivity contribution in [1.82, 2.24) is 15.4 Å². The third-order valence-electron chi connectivity index (χ3n) is 5.15. The van der Waals surface area contributed by atoms with Gasteiger partial charge >= 0.3 is 6.18 Å². The minimum atomic E-state index is -4.48. The van der Waals surface area contributed by atoms with Crippen molar-refractivity contribution >= 4 is 27.3 Å². The molecule has 0 saturated heterocycles. The molecule has 0 bridgehead atoms. The van der Waals surface area contributed by atoms with Crippen molar-refractivity contribution in [3.05, 3.63) is 65.5 Å². The summed E-state index contributed by atoms with van der Waals surface area (Å²) in [6.07, 6.45) is -0.508. The smallest absolute Gasteiger partial charge is 0.399 e. The number of benzene rings is 2. The molecule has 1 aliphatic carbocycles. The molecule has 2 aromatic rings. The first kappa shape index (κ1) is 25.4. The summed E-state index contributed by atoms with van der Waals surface area (Å²) in [5, 5.41) is 8.58. The van der Waals surface area contributed by atoms with E-state index in [0.717, 1.165) is 18.7 Å². The minimum Gasteiger partial charge on any atom is -0.399 e. The molecule has 0 heterocycles. The van der Waals surface area contributed by atoms with Crippen LogP contribution in [-0.4, -0.2) is 34.5 Å². The largest absolute Gasteiger partial charge is 0.416 e. The molecular weight excluding hydrogens is 471 g/mol. The van der Waals surface area contributed by atoms with Crippen molar-refractivity contribution in [3.8, 4) is 0 Å². The summed E-state index contributed by atoms with van der Waals surface area (Å²) < 4.78 is 65.1. The van der Waals surface area contributed by atoms with Crippen LogP contribution in [0.5, 0.6) is 0 Å². The molecule has 6 N–H and O–H groups in total. The zero-order valence-corrected chi connectivity index (χ0v) is 19.2. The average molecular weight is 498 g/mol. The minimum absolute atomic E-state index is 0.0131. The lowest BCUT2D eigenvalue weighted by atomic mass is 10.1. The van der Waals surface area contributed by atoms with E-state index in [1.807, 2.05) is 0 Å². The molecule has 0 aromatic heterocycles. The second kappa shape index (κ2) is 10.3. The molecule has 0 spiro atoms. The van der Waals surface area contributed by atoms with E-state index in [4.69, 9.17) is 5.73 Å². The molecule has 0 atom stereocenters. The van der Waals surface area contributed by atoms with Gasteiger partial charge in [0.15, 0.2) is 0 Å². The molecule has 0 unspecified atom stereocenters. The lowest BCUT2D eigenvalue weighted by Gasteiger charge is -2.15. The topological polar surface area (TPSA) is 125 Å². The van der Waals surface area contributed by atoms with Crippen LogP contribution >= 0.6 is 0 Å². The normalized spacial score (nSPS) is 14.5. The molecular formula is C22H26F3N5O3S. The van der Waals surface area contributed by atoms with Gasteiger partial charge < -0.3 is 21.7 Å². The van der Waals surface area contributed by atoms with E-state index in [9.17, 15) is 26.4 Å². The Kier molecular flexibility index (Phi) is 7.72. The van der Waals surface area contributed by atoms with E-state index >= 15 is 0 Å². The highest BCUT2D eigenvalue weighted by Crippen LogP contribution is 2.31. The van der Waals surface area contributed by atoms with Crippen molar-refractivity contribution < 1.29 is 26.4 Å². The molecule has 0 aliphatic heterocycles. The molecule has 3 rings (SSSR count). The maximum atomic E-state index is 12.9. The van der Waals surface area contributed by atoms with Crippen molar-refractivity contribution in [2.75, 3.05) is 25.5 Å². The molecule has 1 saturated carbocycles. The Labute approximate surface area is 195 Å². The van der Waals surface area contributed by atoms with Crippen LogP contribution in [-0.2, 0) is 16.2 Å². The van der Waals surface area contributed by atoms with Gasteiger partial charge in [0.25, 0.3) is 5.91 Å². The van der Waals surface area contributed by atoms with Crippen molar-refractivity contribution in [2.24, 2.45) is 11.7 Å². The summed E-state index contributed by atoms with van der Waals surface area (Å²) in [6, 6.07) is 8.07. The predicted molar refractivity (Wildman–Crippen MR) is 123 cm³/mol. The second-order valence-corrected chi connectivity index (χ2v) is 9.76. The number of nitrogens with one attached hydrogen (secondary N) is 4. The van der Waals surface area contributed by atoms with Gasteiger partial charge in [0.2, 0.25) is 10.0 Å². The number of amides is 1. The maximum Gasteiger partial charge on any atom is 0.416 e. The highest BCUT2D eigenvalue weighted by atomic mass is 32.2. The highest BCUT2D eigenvalue weighted by Gasteiger charge is 2.30. The van der Waals surface area contributed by atoms with Gasteiger partial charge in [0.05, 0.1) is 28.3 Å². The Bertz CT molecular complexity index is 1160. The predicted octanol–water partition coefficient (Wildman–Crippen LogP) is 2.89. The lowest BCUT2D eigenvalue weighted by molar-refractivity contribution is -0.137. The number of sulfonamides is 1. The van der Waals surface area contributed by atoms with Crippen LogP contribution < -0.4 is 26.4 Å². The SMILES string of the molecule is CNS(=O)(=O)c1ccc(Nc2ccc(C(F)(F)F)cc2)c(C(=O)NC/C(N)=C/NCC2CC2)c1. The van der Waals surface area contributed by atoms with Crippen LogP contribution in [0, 0.1) is 5.92 Å². The fourth-order valence-electron chi connectivity index (χ4n) is 3.01. The molecule has 8 nitrogen and oxygen atoms in total. The van der Waals surface area contributed by atoms with Gasteiger partial charge in [0, 0.05) is 24.1 Å². The summed E-state index contributed by atoms with van der Waals surface area (Å²) in [4.78, 5) is 12.7. The van der Waals surface area contributed by atoms with Gasteiger partial charge in [-0.3, -0.25) is 4.79 Å². The number of rotatable bonds is 10. The third-order valence-corrected chi connectivity index (χ3v) is 6.56. The van der Waals surface area contributed by atoms with E-state index in [1.54, 1.807) is 6.20 Å². The van der Waals surface area contributed by atoms with Crippen LogP contribution in [0.3, 0.4) is 0 Å². The molecule has 0 radical (unpaired) electrons. The standard InChI is InChI=1S/C22H26F3N5O3S/c1-27-34(32,33)18-8-9-20(30-17-6-4-15(5-7-17)22(23,24)25)19(10-18)21(31)29-13-16(26)12-28-11-14-2-3-14/h4-10,12,14,27-28,30H,2-3,11,13,26H2,1H3,(H,29,31)/b16-12-. The molecule has 1 aliphatic rings. The zero-order chi connectivity index (χ0) is 24.9. The van der Waals surface area contributed by atoms with Gasteiger partial charge in [-0.2, -0.15) is 13.2 Å². The molecule has 1 amide bonds. The number of carbonyl (C=O) groups excluding carboxylic acids is 1. The van der Waals surface area contributed by atoms with Crippen LogP contribution in [0.15, 0.2) is 59.3 Å². The number of nitrogens with two attached hydrogens (primary N) is 1. The van der Waals surface area contributed by atoms with E-state index in [1.165, 1.54) is 50.2 Å². The summed E-state index contributed by atoms with van der Waals surface area (Å²) >= 11 is 0. The number of halogens is 3. The van der Waals surface area contributed by atoms with Crippen LogP contribution in [0.25, 0.3) is 0 Å². The fraction of sp³-hybridized carbons (Fsp3) is 0.318. The van der Waals surface area contributed by atoms with Crippen LogP contribution in [0.4, 0.5) is 24.5 Å². The second-order valence-electron chi connectivity index (χ2n) is 7.87. The Morgan fingerprint density at radius 2 is 1.82 bits per heavy atom. The Hall–Kier alpha value is -3.25. The van der Waals surface area contributed by atoms with Crippen molar-refractivity contribution in [3.63, 3.8) is 0 Å². The summed E-state index contributed by atoms with van der Waals surface area (Å²) in [7, 11) is -2.60. The van der Waals surface area contributed by atoms with E-state index in [0.29, 0.717) is 11.6 Å². The lowest BCUT2D eigenvalue weighted by Crippen LogP contribution is -2.30. The molecule has 2 aromatic carbocycles. The average Bonchev–Trinajstić information content (AvgIpc) is 3.62. The maximum absolute atomic E-state index is 12.9. The van der Waals surface area contributed by atoms with Gasteiger partial charge in [-0.25, -0.2) is 13.1 Å². The van der Waals surface area contributed by atoms with Crippen LogP contribution in [0.1, 0.15) is 28.8 Å². The van der Waals surface area contributed by atoms with E-state index < -0.39 is 27.7 Å². The van der Waals surface area contributed by atoms with Gasteiger partial charge in [-0.15, -0.1) is 0 Å². The van der Waals surface area contributed by atoms with Crippen molar-refractivity contribution in [1.29, 1.82) is 0 Å². The Morgan fingerprint density at radius 1 is 1.15 bits per heavy atom.